The van der Waals surface area contributed by atoms with Gasteiger partial charge >= 0.3 is 0 Å². The number of ketones is 1. The number of hydrogen-bond donors (Lipinski definition) is 1. The molecular formula is C18H22O2. The van der Waals surface area contributed by atoms with Gasteiger partial charge in [-0.1, -0.05) is 29.9 Å². The maximum absolute atomic E-state index is 11.6. The Morgan fingerprint density at radius 3 is 2.55 bits per heavy atom. The van der Waals surface area contributed by atoms with Crippen LogP contribution in [0.25, 0.3) is 0 Å². The number of phenolic OH excluding ortho intramolecular Hbond substituents is 1. The fourth-order valence-corrected chi connectivity index (χ4v) is 2.62. The highest BCUT2D eigenvalue weighted by Crippen LogP contribution is 2.25. The second kappa shape index (κ2) is 7.09. The summed E-state index contributed by atoms with van der Waals surface area (Å²) in [7, 11) is 0. The maximum Gasteiger partial charge on any atom is 0.159 e. The zero-order valence-corrected chi connectivity index (χ0v) is 12.1. The van der Waals surface area contributed by atoms with E-state index in [1.807, 2.05) is 12.1 Å². The van der Waals surface area contributed by atoms with Crippen LogP contribution in [0.5, 0.6) is 5.75 Å². The van der Waals surface area contributed by atoms with Crippen LogP contribution in [0.1, 0.15) is 44.6 Å². The molecule has 0 heterocycles. The van der Waals surface area contributed by atoms with Gasteiger partial charge in [-0.15, -0.1) is 0 Å². The number of benzene rings is 1. The van der Waals surface area contributed by atoms with E-state index in [2.05, 4.69) is 19.1 Å². The number of aromatic hydroxyl groups is 1. The number of carbonyl (C=O) groups excluding carboxylic acids is 1. The molecule has 0 aromatic heterocycles. The molecule has 1 aliphatic carbocycles. The molecular weight excluding hydrogens is 248 g/mol. The van der Waals surface area contributed by atoms with Crippen LogP contribution in [0.3, 0.4) is 0 Å². The summed E-state index contributed by atoms with van der Waals surface area (Å²) in [6.07, 6.45) is 9.72. The second-order valence-corrected chi connectivity index (χ2v) is 5.40. The molecule has 20 heavy (non-hydrogen) atoms. The van der Waals surface area contributed by atoms with Crippen molar-refractivity contribution in [3.63, 3.8) is 0 Å². The molecule has 0 aliphatic heterocycles. The predicted octanol–water partition coefficient (Wildman–Crippen LogP) is 4.34. The zero-order valence-electron chi connectivity index (χ0n) is 12.1. The molecule has 0 atom stereocenters. The highest BCUT2D eigenvalue weighted by Gasteiger charge is 2.18. The van der Waals surface area contributed by atoms with Gasteiger partial charge in [-0.25, -0.2) is 0 Å². The third-order valence-electron chi connectivity index (χ3n) is 3.82. The third kappa shape index (κ3) is 4.09. The molecule has 1 aromatic carbocycles. The van der Waals surface area contributed by atoms with Crippen molar-refractivity contribution in [3.05, 3.63) is 53.1 Å². The van der Waals surface area contributed by atoms with Gasteiger partial charge in [-0.05, 0) is 62.3 Å². The van der Waals surface area contributed by atoms with Crippen molar-refractivity contribution in [1.29, 1.82) is 0 Å². The lowest BCUT2D eigenvalue weighted by molar-refractivity contribution is -0.115. The standard InChI is InChI=1S/C18H22O2/c1-14-11-12-18(20)17(14)10-5-3-2-4-7-15-8-6-9-16(19)13-15/h2-3,6,8-9,13,19H,4-5,7,10-12H2,1H3/b3-2+. The van der Waals surface area contributed by atoms with Gasteiger partial charge < -0.3 is 5.11 Å². The fourth-order valence-electron chi connectivity index (χ4n) is 2.62. The van der Waals surface area contributed by atoms with Gasteiger partial charge in [0.1, 0.15) is 5.75 Å². The molecule has 0 saturated heterocycles. The average molecular weight is 270 g/mol. The van der Waals surface area contributed by atoms with Crippen molar-refractivity contribution in [2.75, 3.05) is 0 Å². The minimum Gasteiger partial charge on any atom is -0.508 e. The summed E-state index contributed by atoms with van der Waals surface area (Å²) in [5.41, 5.74) is 3.49. The molecule has 2 nitrogen and oxygen atoms in total. The third-order valence-corrected chi connectivity index (χ3v) is 3.82. The molecule has 1 aromatic rings. The number of phenols is 1. The van der Waals surface area contributed by atoms with Crippen LogP contribution in [-0.4, -0.2) is 10.9 Å². The van der Waals surface area contributed by atoms with Crippen LogP contribution >= 0.6 is 0 Å². The Balaban J connectivity index is 1.70. The Morgan fingerprint density at radius 1 is 1.15 bits per heavy atom. The van der Waals surface area contributed by atoms with Crippen LogP contribution in [0, 0.1) is 0 Å². The summed E-state index contributed by atoms with van der Waals surface area (Å²) in [5, 5.41) is 9.37. The molecule has 0 amide bonds. The number of allylic oxidation sites excluding steroid dienone is 4. The first-order chi connectivity index (χ1) is 9.66. The van der Waals surface area contributed by atoms with E-state index in [1.165, 1.54) is 5.57 Å². The van der Waals surface area contributed by atoms with Gasteiger partial charge in [0, 0.05) is 6.42 Å². The molecule has 0 bridgehead atoms. The van der Waals surface area contributed by atoms with Crippen molar-refractivity contribution in [2.24, 2.45) is 0 Å². The van der Waals surface area contributed by atoms with Gasteiger partial charge in [0.05, 0.1) is 0 Å². The van der Waals surface area contributed by atoms with E-state index < -0.39 is 0 Å². The van der Waals surface area contributed by atoms with E-state index >= 15 is 0 Å². The van der Waals surface area contributed by atoms with E-state index in [9.17, 15) is 9.90 Å². The largest absolute Gasteiger partial charge is 0.508 e. The van der Waals surface area contributed by atoms with Gasteiger partial charge in [-0.3, -0.25) is 4.79 Å². The van der Waals surface area contributed by atoms with E-state index in [0.29, 0.717) is 18.0 Å². The van der Waals surface area contributed by atoms with Crippen molar-refractivity contribution in [3.8, 4) is 5.75 Å². The summed E-state index contributed by atoms with van der Waals surface area (Å²) < 4.78 is 0. The zero-order chi connectivity index (χ0) is 14.4. The summed E-state index contributed by atoms with van der Waals surface area (Å²) >= 11 is 0. The maximum atomic E-state index is 11.6. The van der Waals surface area contributed by atoms with E-state index in [4.69, 9.17) is 0 Å². The van der Waals surface area contributed by atoms with Gasteiger partial charge in [0.2, 0.25) is 0 Å². The van der Waals surface area contributed by atoms with Gasteiger partial charge in [0.25, 0.3) is 0 Å². The molecule has 0 fully saturated rings. The van der Waals surface area contributed by atoms with Crippen molar-refractivity contribution in [2.45, 2.75) is 45.4 Å². The minimum atomic E-state index is 0.327. The average Bonchev–Trinajstić information content (AvgIpc) is 2.74. The van der Waals surface area contributed by atoms with Crippen LogP contribution < -0.4 is 0 Å². The molecule has 0 unspecified atom stereocenters. The van der Waals surface area contributed by atoms with Crippen LogP contribution in [0.15, 0.2) is 47.6 Å². The summed E-state index contributed by atoms with van der Waals surface area (Å²) in [6.45, 7) is 2.08. The first-order valence-electron chi connectivity index (χ1n) is 7.31. The molecule has 106 valence electrons. The molecule has 0 saturated carbocycles. The first kappa shape index (κ1) is 14.6. The van der Waals surface area contributed by atoms with Crippen molar-refractivity contribution >= 4 is 5.78 Å². The molecule has 0 radical (unpaired) electrons. The predicted molar refractivity (Wildman–Crippen MR) is 81.7 cm³/mol. The molecule has 1 N–H and O–H groups in total. The monoisotopic (exact) mass is 270 g/mol. The van der Waals surface area contributed by atoms with E-state index in [0.717, 1.165) is 43.2 Å². The van der Waals surface area contributed by atoms with Gasteiger partial charge in [-0.2, -0.15) is 0 Å². The highest BCUT2D eigenvalue weighted by molar-refractivity contribution is 5.98. The van der Waals surface area contributed by atoms with Crippen LogP contribution in [0.2, 0.25) is 0 Å². The molecule has 2 rings (SSSR count). The molecule has 1 aliphatic rings. The van der Waals surface area contributed by atoms with E-state index in [1.54, 1.807) is 12.1 Å². The quantitative estimate of drug-likeness (QED) is 0.781. The van der Waals surface area contributed by atoms with E-state index in [-0.39, 0.29) is 0 Å². The number of rotatable bonds is 6. The Kier molecular flexibility index (Phi) is 5.16. The number of hydrogen-bond acceptors (Lipinski definition) is 2. The minimum absolute atomic E-state index is 0.327. The normalized spacial score (nSPS) is 15.6. The van der Waals surface area contributed by atoms with Crippen molar-refractivity contribution in [1.82, 2.24) is 0 Å². The lowest BCUT2D eigenvalue weighted by atomic mass is 10.1. The summed E-state index contributed by atoms with van der Waals surface area (Å²) in [5.74, 6) is 0.671. The lowest BCUT2D eigenvalue weighted by Gasteiger charge is -2.00. The van der Waals surface area contributed by atoms with Crippen LogP contribution in [-0.2, 0) is 11.2 Å². The Bertz CT molecular complexity index is 538. The summed E-state index contributed by atoms with van der Waals surface area (Å²) in [6, 6.07) is 7.39. The fraction of sp³-hybridized carbons (Fsp3) is 0.389. The highest BCUT2D eigenvalue weighted by atomic mass is 16.3. The Labute approximate surface area is 120 Å². The molecule has 0 spiro atoms. The lowest BCUT2D eigenvalue weighted by Crippen LogP contribution is -1.95. The second-order valence-electron chi connectivity index (χ2n) is 5.40. The van der Waals surface area contributed by atoms with Gasteiger partial charge in [0.15, 0.2) is 5.78 Å². The number of Topliss-reactive ketones (excluding diaryl/α,β-unsaturated/α-hetero) is 1. The first-order valence-corrected chi connectivity index (χ1v) is 7.31. The van der Waals surface area contributed by atoms with Crippen LogP contribution in [0.4, 0.5) is 0 Å². The topological polar surface area (TPSA) is 37.3 Å². The Morgan fingerprint density at radius 2 is 1.90 bits per heavy atom. The molecule has 2 heteroatoms. The Hall–Kier alpha value is -1.83. The number of carbonyl (C=O) groups is 1. The van der Waals surface area contributed by atoms with Crippen molar-refractivity contribution < 1.29 is 9.90 Å². The SMILES string of the molecule is CC1=C(CC/C=C/CCc2cccc(O)c2)C(=O)CC1. The summed E-state index contributed by atoms with van der Waals surface area (Å²) in [4.78, 5) is 11.6. The number of aryl methyl sites for hydroxylation is 1. The smallest absolute Gasteiger partial charge is 0.159 e.